The van der Waals surface area contributed by atoms with Crippen LogP contribution in [0.3, 0.4) is 0 Å². The van der Waals surface area contributed by atoms with Crippen molar-refractivity contribution in [3.8, 4) is 0 Å². The third kappa shape index (κ3) is 10.2. The second-order valence-electron chi connectivity index (χ2n) is 14.3. The molecule has 0 saturated carbocycles. The van der Waals surface area contributed by atoms with Crippen LogP contribution in [0.25, 0.3) is 11.1 Å². The molecule has 4 aromatic rings. The molecule has 0 radical (unpaired) electrons. The van der Waals surface area contributed by atoms with Gasteiger partial charge in [-0.3, -0.25) is 0 Å². The molecule has 2 aliphatic carbocycles. The number of hydrogen-bond donors (Lipinski definition) is 1. The van der Waals surface area contributed by atoms with E-state index >= 15 is 0 Å². The fourth-order valence-electron chi connectivity index (χ4n) is 7.12. The predicted octanol–water partition coefficient (Wildman–Crippen LogP) is 10.4. The molecule has 1 N–H and O–H groups in total. The first-order valence-electron chi connectivity index (χ1n) is 20.0. The number of benzene rings is 4. The normalized spacial score (nSPS) is 12.9. The van der Waals surface area contributed by atoms with Crippen molar-refractivity contribution < 1.29 is 9.15 Å². The molecule has 0 bridgehead atoms. The summed E-state index contributed by atoms with van der Waals surface area (Å²) >= 11 is 0. The topological polar surface area (TPSA) is 24.5 Å². The molecule has 288 valence electrons. The average Bonchev–Trinajstić information content (AvgIpc) is 3.24. The Kier molecular flexibility index (Phi) is 14.8. The molecule has 0 atom stereocenters. The zero-order valence-corrected chi connectivity index (χ0v) is 35.1. The third-order valence-corrected chi connectivity index (χ3v) is 10.4. The molecular weight excluding hydrogens is 683 g/mol. The molecule has 0 saturated heterocycles. The Labute approximate surface area is 337 Å². The maximum Gasteiger partial charge on any atom is 0.199 e. The summed E-state index contributed by atoms with van der Waals surface area (Å²) in [5, 5.41) is 3.19. The van der Waals surface area contributed by atoms with Crippen LogP contribution in [0, 0.1) is 0 Å². The van der Waals surface area contributed by atoms with Gasteiger partial charge in [0.25, 0.3) is 0 Å². The lowest BCUT2D eigenvalue weighted by Crippen LogP contribution is -2.21. The monoisotopic (exact) mass is 743 g/mol. The highest BCUT2D eigenvalue weighted by atomic mass is 15.1. The van der Waals surface area contributed by atoms with Gasteiger partial charge in [0.2, 0.25) is 0 Å². The molecule has 0 spiro atoms. The fraction of sp³-hybridized carbons (Fsp3) is 0.255. The SMILES string of the molecule is CCN(CC)c1ccc(C(=C2C=CC(=[N+](CC)CC)C=C2)c2ccccc2)cc1.CNc1ccc(C(=C2C=CC(=[N+](C)C)C=C2)c2ccc(N(C)C)cc2)cc1. The molecule has 0 aromatic heterocycles. The van der Waals surface area contributed by atoms with E-state index in [0.29, 0.717) is 0 Å². The van der Waals surface area contributed by atoms with Gasteiger partial charge >= 0.3 is 0 Å². The summed E-state index contributed by atoms with van der Waals surface area (Å²) in [6.45, 7) is 12.9. The van der Waals surface area contributed by atoms with Gasteiger partial charge in [-0.25, -0.2) is 9.15 Å². The van der Waals surface area contributed by atoms with Gasteiger partial charge in [0.05, 0.1) is 0 Å². The third-order valence-electron chi connectivity index (χ3n) is 10.4. The lowest BCUT2D eigenvalue weighted by molar-refractivity contribution is -0.519. The fourth-order valence-corrected chi connectivity index (χ4v) is 7.12. The molecule has 0 fully saturated rings. The van der Waals surface area contributed by atoms with Crippen LogP contribution in [-0.2, 0) is 0 Å². The number of rotatable bonds is 11. The van der Waals surface area contributed by atoms with Crippen LogP contribution in [-0.4, -0.2) is 82.0 Å². The molecule has 0 heterocycles. The van der Waals surface area contributed by atoms with E-state index in [-0.39, 0.29) is 0 Å². The Morgan fingerprint density at radius 3 is 1.30 bits per heavy atom. The Bertz CT molecular complexity index is 2120. The summed E-state index contributed by atoms with van der Waals surface area (Å²) in [5.41, 5.74) is 16.0. The molecule has 4 aromatic carbocycles. The summed E-state index contributed by atoms with van der Waals surface area (Å²) in [5.74, 6) is 0. The van der Waals surface area contributed by atoms with Gasteiger partial charge in [-0.05, 0) is 133 Å². The second kappa shape index (κ2) is 20.1. The van der Waals surface area contributed by atoms with Crippen molar-refractivity contribution in [2.75, 3.05) is 76.5 Å². The molecule has 5 heteroatoms. The maximum atomic E-state index is 3.19. The largest absolute Gasteiger partial charge is 0.388 e. The molecule has 56 heavy (non-hydrogen) atoms. The molecule has 5 nitrogen and oxygen atoms in total. The van der Waals surface area contributed by atoms with Gasteiger partial charge in [-0.15, -0.1) is 0 Å². The lowest BCUT2D eigenvalue weighted by atomic mass is 9.90. The number of nitrogens with one attached hydrogen (secondary N) is 1. The summed E-state index contributed by atoms with van der Waals surface area (Å²) in [6, 6.07) is 37.1. The molecular formula is C51H61N5+2. The standard InChI is InChI=1S/C27H33N2.C24H27N3/c1-5-28(6-2)25-18-14-23(15-19-25)27(22-12-10-9-11-13-22)24-16-20-26(21-17-24)29(7-3)8-4;1-25-21-12-6-18(7-13-21)24(19-8-14-22(15-9-19)26(2)3)20-10-16-23(17-11-20)27(4)5/h9-21H,5-8H2,1-4H3;6-17H,1-5H3/q+1;/p+1. The van der Waals surface area contributed by atoms with Crippen LogP contribution in [0.1, 0.15) is 49.9 Å². The van der Waals surface area contributed by atoms with Crippen LogP contribution in [0.2, 0.25) is 0 Å². The van der Waals surface area contributed by atoms with Crippen molar-refractivity contribution in [3.63, 3.8) is 0 Å². The molecule has 0 amide bonds. The van der Waals surface area contributed by atoms with Gasteiger partial charge in [0, 0.05) is 75.6 Å². The van der Waals surface area contributed by atoms with Crippen LogP contribution in [0.4, 0.5) is 17.1 Å². The molecule has 0 aliphatic heterocycles. The Morgan fingerprint density at radius 1 is 0.500 bits per heavy atom. The number of anilines is 3. The van der Waals surface area contributed by atoms with E-state index in [0.717, 1.165) is 31.9 Å². The van der Waals surface area contributed by atoms with Gasteiger partial charge in [-0.1, -0.05) is 66.7 Å². The van der Waals surface area contributed by atoms with E-state index in [9.17, 15) is 0 Å². The van der Waals surface area contributed by atoms with E-state index < -0.39 is 0 Å². The quantitative estimate of drug-likeness (QED) is 0.155. The van der Waals surface area contributed by atoms with Crippen molar-refractivity contribution in [2.45, 2.75) is 27.7 Å². The minimum absolute atomic E-state index is 1.03. The number of allylic oxidation sites excluding steroid dienone is 10. The van der Waals surface area contributed by atoms with E-state index in [1.54, 1.807) is 0 Å². The summed E-state index contributed by atoms with van der Waals surface area (Å²) < 4.78 is 4.50. The predicted molar refractivity (Wildman–Crippen MR) is 245 cm³/mol. The maximum absolute atomic E-state index is 3.19. The summed E-state index contributed by atoms with van der Waals surface area (Å²) in [4.78, 5) is 4.50. The van der Waals surface area contributed by atoms with Gasteiger partial charge in [0.1, 0.15) is 27.2 Å². The second-order valence-corrected chi connectivity index (χ2v) is 14.3. The van der Waals surface area contributed by atoms with Crippen LogP contribution < -0.4 is 15.1 Å². The van der Waals surface area contributed by atoms with Crippen LogP contribution in [0.15, 0.2) is 163 Å². The number of nitrogens with zero attached hydrogens (tertiary/aromatic N) is 4. The van der Waals surface area contributed by atoms with Crippen molar-refractivity contribution in [1.29, 1.82) is 0 Å². The highest BCUT2D eigenvalue weighted by molar-refractivity contribution is 6.04. The molecule has 0 unspecified atom stereocenters. The van der Waals surface area contributed by atoms with Crippen LogP contribution >= 0.6 is 0 Å². The first kappa shape index (κ1) is 41.2. The van der Waals surface area contributed by atoms with Crippen molar-refractivity contribution >= 4 is 39.6 Å². The van der Waals surface area contributed by atoms with E-state index in [1.165, 1.54) is 67.3 Å². The van der Waals surface area contributed by atoms with Gasteiger partial charge < -0.3 is 15.1 Å². The van der Waals surface area contributed by atoms with Crippen molar-refractivity contribution in [2.24, 2.45) is 0 Å². The minimum atomic E-state index is 1.03. The van der Waals surface area contributed by atoms with Crippen molar-refractivity contribution in [1.82, 2.24) is 0 Å². The number of hydrogen-bond acceptors (Lipinski definition) is 3. The molecule has 6 rings (SSSR count). The lowest BCUT2D eigenvalue weighted by Gasteiger charge is -2.22. The van der Waals surface area contributed by atoms with E-state index in [2.05, 4.69) is 232 Å². The minimum Gasteiger partial charge on any atom is -0.388 e. The van der Waals surface area contributed by atoms with Gasteiger partial charge in [0.15, 0.2) is 11.4 Å². The Hall–Kier alpha value is -5.94. The van der Waals surface area contributed by atoms with E-state index in [1.807, 2.05) is 7.05 Å². The summed E-state index contributed by atoms with van der Waals surface area (Å²) in [7, 11) is 10.2. The highest BCUT2D eigenvalue weighted by Crippen LogP contribution is 2.33. The first-order valence-corrected chi connectivity index (χ1v) is 20.0. The zero-order chi connectivity index (χ0) is 40.0. The average molecular weight is 744 g/mol. The Morgan fingerprint density at radius 2 is 0.911 bits per heavy atom. The summed E-state index contributed by atoms with van der Waals surface area (Å²) in [6.07, 6.45) is 17.8. The smallest absolute Gasteiger partial charge is 0.199 e. The van der Waals surface area contributed by atoms with Crippen molar-refractivity contribution in [3.05, 3.63) is 185 Å². The highest BCUT2D eigenvalue weighted by Gasteiger charge is 2.16. The van der Waals surface area contributed by atoms with E-state index in [4.69, 9.17) is 0 Å². The van der Waals surface area contributed by atoms with Gasteiger partial charge in [-0.2, -0.15) is 0 Å². The zero-order valence-electron chi connectivity index (χ0n) is 35.1. The Balaban J connectivity index is 0.000000215. The molecule has 2 aliphatic rings. The first-order chi connectivity index (χ1) is 27.2. The van der Waals surface area contributed by atoms with Crippen LogP contribution in [0.5, 0.6) is 0 Å².